The van der Waals surface area contributed by atoms with Gasteiger partial charge >= 0.3 is 0 Å². The SMILES string of the molecule is Cc1cc(CNc2ccc(Br)cc2C(N)=S)no1. The van der Waals surface area contributed by atoms with Crippen LogP contribution in [0.1, 0.15) is 17.0 Å². The zero-order valence-electron chi connectivity index (χ0n) is 9.74. The quantitative estimate of drug-likeness (QED) is 0.846. The standard InChI is InChI=1S/C12H12BrN3OS/c1-7-4-9(16-17-7)6-15-11-3-2-8(13)5-10(11)12(14)18/h2-5,15H,6H2,1H3,(H2,14,18). The van der Waals surface area contributed by atoms with Gasteiger partial charge in [-0.1, -0.05) is 33.3 Å². The Balaban J connectivity index is 2.16. The number of hydrogen-bond acceptors (Lipinski definition) is 4. The van der Waals surface area contributed by atoms with Crippen molar-refractivity contribution in [1.29, 1.82) is 0 Å². The Morgan fingerprint density at radius 2 is 2.28 bits per heavy atom. The molecule has 2 rings (SSSR count). The van der Waals surface area contributed by atoms with Gasteiger partial charge in [-0.2, -0.15) is 0 Å². The van der Waals surface area contributed by atoms with Crippen LogP contribution in [0.5, 0.6) is 0 Å². The number of nitrogens with two attached hydrogens (primary N) is 1. The Kier molecular flexibility index (Phi) is 3.98. The molecule has 0 amide bonds. The van der Waals surface area contributed by atoms with Gasteiger partial charge in [0.2, 0.25) is 0 Å². The molecule has 0 radical (unpaired) electrons. The number of benzene rings is 1. The molecule has 0 atom stereocenters. The largest absolute Gasteiger partial charge is 0.389 e. The van der Waals surface area contributed by atoms with Crippen LogP contribution in [0.15, 0.2) is 33.3 Å². The van der Waals surface area contributed by atoms with Gasteiger partial charge in [-0.15, -0.1) is 0 Å². The van der Waals surface area contributed by atoms with Crippen LogP contribution in [0.3, 0.4) is 0 Å². The fraction of sp³-hybridized carbons (Fsp3) is 0.167. The van der Waals surface area contributed by atoms with Crippen LogP contribution in [0.4, 0.5) is 5.69 Å². The molecule has 1 aromatic carbocycles. The van der Waals surface area contributed by atoms with Crippen LogP contribution in [0.2, 0.25) is 0 Å². The van der Waals surface area contributed by atoms with E-state index in [1.54, 1.807) is 0 Å². The maximum atomic E-state index is 5.69. The summed E-state index contributed by atoms with van der Waals surface area (Å²) in [4.78, 5) is 0.357. The first-order valence-corrected chi connectivity index (χ1v) is 6.52. The zero-order chi connectivity index (χ0) is 13.1. The molecule has 0 aliphatic rings. The molecule has 0 spiro atoms. The average Bonchev–Trinajstić information content (AvgIpc) is 2.73. The Labute approximate surface area is 119 Å². The van der Waals surface area contributed by atoms with Gasteiger partial charge in [-0.25, -0.2) is 0 Å². The van der Waals surface area contributed by atoms with Crippen LogP contribution in [0.25, 0.3) is 0 Å². The van der Waals surface area contributed by atoms with Crippen LogP contribution in [-0.4, -0.2) is 10.1 Å². The van der Waals surface area contributed by atoms with Crippen molar-refractivity contribution in [2.75, 3.05) is 5.32 Å². The molecule has 0 aliphatic heterocycles. The Bertz CT molecular complexity index is 582. The fourth-order valence-corrected chi connectivity index (χ4v) is 2.09. The summed E-state index contributed by atoms with van der Waals surface area (Å²) in [6, 6.07) is 7.62. The number of anilines is 1. The van der Waals surface area contributed by atoms with Gasteiger partial charge in [0.05, 0.1) is 6.54 Å². The van der Waals surface area contributed by atoms with E-state index in [2.05, 4.69) is 26.4 Å². The number of aryl methyl sites for hydroxylation is 1. The van der Waals surface area contributed by atoms with Gasteiger partial charge in [-0.05, 0) is 25.1 Å². The highest BCUT2D eigenvalue weighted by Crippen LogP contribution is 2.21. The van der Waals surface area contributed by atoms with Crippen LogP contribution in [-0.2, 0) is 6.54 Å². The number of nitrogens with zero attached hydrogens (tertiary/aromatic N) is 1. The van der Waals surface area contributed by atoms with Gasteiger partial charge in [-0.3, -0.25) is 0 Å². The maximum Gasteiger partial charge on any atom is 0.133 e. The molecule has 0 fully saturated rings. The zero-order valence-corrected chi connectivity index (χ0v) is 12.1. The van der Waals surface area contributed by atoms with E-state index < -0.39 is 0 Å². The number of hydrogen-bond donors (Lipinski definition) is 2. The van der Waals surface area contributed by atoms with Crippen molar-refractivity contribution in [2.45, 2.75) is 13.5 Å². The lowest BCUT2D eigenvalue weighted by Gasteiger charge is -2.10. The Hall–Kier alpha value is -1.40. The second kappa shape index (κ2) is 5.49. The second-order valence-corrected chi connectivity index (χ2v) is 5.19. The molecule has 0 unspecified atom stereocenters. The molecule has 0 bridgehead atoms. The minimum atomic E-state index is 0.357. The predicted octanol–water partition coefficient (Wildman–Crippen LogP) is 2.99. The lowest BCUT2D eigenvalue weighted by atomic mass is 10.1. The summed E-state index contributed by atoms with van der Waals surface area (Å²) in [7, 11) is 0. The number of halogens is 1. The Morgan fingerprint density at radius 1 is 1.50 bits per heavy atom. The van der Waals surface area contributed by atoms with Crippen molar-refractivity contribution in [1.82, 2.24) is 5.16 Å². The number of aromatic nitrogens is 1. The van der Waals surface area contributed by atoms with Crippen LogP contribution >= 0.6 is 28.1 Å². The molecule has 6 heteroatoms. The van der Waals surface area contributed by atoms with Gasteiger partial charge in [0.1, 0.15) is 16.4 Å². The van der Waals surface area contributed by atoms with Crippen molar-refractivity contribution in [3.63, 3.8) is 0 Å². The highest BCUT2D eigenvalue weighted by molar-refractivity contribution is 9.10. The molecule has 2 aromatic rings. The van der Waals surface area contributed by atoms with Crippen LogP contribution < -0.4 is 11.1 Å². The monoisotopic (exact) mass is 325 g/mol. The van der Waals surface area contributed by atoms with E-state index >= 15 is 0 Å². The average molecular weight is 326 g/mol. The van der Waals surface area contributed by atoms with Crippen molar-refractivity contribution in [2.24, 2.45) is 5.73 Å². The summed E-state index contributed by atoms with van der Waals surface area (Å²) in [6.07, 6.45) is 0. The van der Waals surface area contributed by atoms with Crippen molar-refractivity contribution < 1.29 is 4.52 Å². The van der Waals surface area contributed by atoms with E-state index in [9.17, 15) is 0 Å². The summed E-state index contributed by atoms with van der Waals surface area (Å²) in [5, 5.41) is 7.15. The molecule has 0 saturated carbocycles. The minimum absolute atomic E-state index is 0.357. The minimum Gasteiger partial charge on any atom is -0.389 e. The first kappa shape index (κ1) is 13.0. The summed E-state index contributed by atoms with van der Waals surface area (Å²) < 4.78 is 5.94. The van der Waals surface area contributed by atoms with E-state index in [1.165, 1.54) is 0 Å². The van der Waals surface area contributed by atoms with E-state index in [4.69, 9.17) is 22.5 Å². The third kappa shape index (κ3) is 3.08. The number of thiocarbonyl (C=S) groups is 1. The summed E-state index contributed by atoms with van der Waals surface area (Å²) in [5.41, 5.74) is 8.22. The highest BCUT2D eigenvalue weighted by Gasteiger charge is 2.07. The first-order chi connectivity index (χ1) is 8.56. The van der Waals surface area contributed by atoms with E-state index in [-0.39, 0.29) is 0 Å². The van der Waals surface area contributed by atoms with Crippen molar-refractivity contribution in [3.8, 4) is 0 Å². The second-order valence-electron chi connectivity index (χ2n) is 3.84. The Morgan fingerprint density at radius 3 is 2.89 bits per heavy atom. The number of rotatable bonds is 4. The maximum absolute atomic E-state index is 5.69. The van der Waals surface area contributed by atoms with E-state index in [1.807, 2.05) is 31.2 Å². The summed E-state index contributed by atoms with van der Waals surface area (Å²) >= 11 is 8.42. The smallest absolute Gasteiger partial charge is 0.133 e. The summed E-state index contributed by atoms with van der Waals surface area (Å²) in [5.74, 6) is 0.789. The van der Waals surface area contributed by atoms with E-state index in [0.29, 0.717) is 11.5 Å². The molecule has 94 valence electrons. The molecule has 4 nitrogen and oxygen atoms in total. The fourth-order valence-electron chi connectivity index (χ4n) is 1.56. The van der Waals surface area contributed by atoms with Crippen LogP contribution in [0, 0.1) is 6.92 Å². The van der Waals surface area contributed by atoms with Gasteiger partial charge in [0, 0.05) is 21.8 Å². The number of nitrogens with one attached hydrogen (secondary N) is 1. The van der Waals surface area contributed by atoms with Gasteiger partial charge in [0.15, 0.2) is 0 Å². The molecule has 1 heterocycles. The first-order valence-electron chi connectivity index (χ1n) is 5.31. The molecular weight excluding hydrogens is 314 g/mol. The molecule has 0 aliphatic carbocycles. The molecule has 18 heavy (non-hydrogen) atoms. The third-order valence-corrected chi connectivity index (χ3v) is 3.10. The van der Waals surface area contributed by atoms with Gasteiger partial charge in [0.25, 0.3) is 0 Å². The lowest BCUT2D eigenvalue weighted by Crippen LogP contribution is -2.13. The molecular formula is C12H12BrN3OS. The van der Waals surface area contributed by atoms with Crippen molar-refractivity contribution >= 4 is 38.8 Å². The lowest BCUT2D eigenvalue weighted by molar-refractivity contribution is 0.391. The molecule has 0 saturated heterocycles. The van der Waals surface area contributed by atoms with E-state index in [0.717, 1.165) is 27.2 Å². The normalized spacial score (nSPS) is 10.3. The molecule has 3 N–H and O–H groups in total. The summed E-state index contributed by atoms with van der Waals surface area (Å²) in [6.45, 7) is 2.42. The highest BCUT2D eigenvalue weighted by atomic mass is 79.9. The third-order valence-electron chi connectivity index (χ3n) is 2.38. The topological polar surface area (TPSA) is 64.1 Å². The van der Waals surface area contributed by atoms with Crippen molar-refractivity contribution in [3.05, 3.63) is 45.8 Å². The van der Waals surface area contributed by atoms with Gasteiger partial charge < -0.3 is 15.6 Å². The predicted molar refractivity (Wildman–Crippen MR) is 78.6 cm³/mol. The molecule has 1 aromatic heterocycles.